The standard InChI is InChI=1S/C31H31N5O5/c37-31-34-30(41-20-21-18-39-27-2-1-8-32-17-28(27)40-19-21)15-26-25-5-3-22(14-23(25)7-9-36(26)31)24-4-6-29(33-16-24)35-10-12-38-13-11-35/h1-6,8,14-16,21H,7,9-13,17-20H2. The van der Waals surface area contributed by atoms with Gasteiger partial charge in [0.25, 0.3) is 0 Å². The quantitative estimate of drug-likeness (QED) is 0.475. The predicted octanol–water partition coefficient (Wildman–Crippen LogP) is 3.26. The minimum atomic E-state index is -0.306. The maximum atomic E-state index is 12.9. The van der Waals surface area contributed by atoms with Crippen LogP contribution in [0.3, 0.4) is 0 Å². The molecule has 0 aliphatic carbocycles. The van der Waals surface area contributed by atoms with Crippen LogP contribution in [0, 0.1) is 5.92 Å². The molecular weight excluding hydrogens is 522 g/mol. The van der Waals surface area contributed by atoms with Crippen molar-refractivity contribution in [2.75, 3.05) is 57.6 Å². The Morgan fingerprint density at radius 2 is 1.88 bits per heavy atom. The Morgan fingerprint density at radius 1 is 1.00 bits per heavy atom. The van der Waals surface area contributed by atoms with Crippen LogP contribution in [-0.4, -0.2) is 73.4 Å². The number of morpholine rings is 1. The Hall–Kier alpha value is -4.44. The summed E-state index contributed by atoms with van der Waals surface area (Å²) in [6, 6.07) is 12.4. The van der Waals surface area contributed by atoms with Gasteiger partial charge in [-0.1, -0.05) is 18.2 Å². The molecule has 1 unspecified atom stereocenters. The van der Waals surface area contributed by atoms with Crippen LogP contribution < -0.4 is 15.3 Å². The van der Waals surface area contributed by atoms with Crippen molar-refractivity contribution in [1.82, 2.24) is 14.5 Å². The van der Waals surface area contributed by atoms with E-state index < -0.39 is 0 Å². The van der Waals surface area contributed by atoms with Crippen molar-refractivity contribution < 1.29 is 18.9 Å². The lowest BCUT2D eigenvalue weighted by atomic mass is 9.94. The summed E-state index contributed by atoms with van der Waals surface area (Å²) in [4.78, 5) is 28.4. The molecule has 7 rings (SSSR count). The molecular formula is C31H31N5O5. The number of aromatic nitrogens is 3. The van der Waals surface area contributed by atoms with Gasteiger partial charge in [0.05, 0.1) is 44.6 Å². The van der Waals surface area contributed by atoms with E-state index in [4.69, 9.17) is 23.9 Å². The molecule has 0 bridgehead atoms. The van der Waals surface area contributed by atoms with Gasteiger partial charge in [-0.25, -0.2) is 9.78 Å². The average Bonchev–Trinajstić information content (AvgIpc) is 3.36. The summed E-state index contributed by atoms with van der Waals surface area (Å²) in [6.07, 6.45) is 8.13. The first-order valence-corrected chi connectivity index (χ1v) is 14.0. The summed E-state index contributed by atoms with van der Waals surface area (Å²) >= 11 is 0. The maximum Gasteiger partial charge on any atom is 0.351 e. The molecule has 0 saturated carbocycles. The minimum Gasteiger partial charge on any atom is -0.492 e. The molecule has 0 radical (unpaired) electrons. The second kappa shape index (κ2) is 11.2. The van der Waals surface area contributed by atoms with Gasteiger partial charge in [-0.3, -0.25) is 9.56 Å². The van der Waals surface area contributed by atoms with E-state index in [1.54, 1.807) is 10.8 Å². The molecule has 0 spiro atoms. The van der Waals surface area contributed by atoms with Crippen molar-refractivity contribution in [1.29, 1.82) is 0 Å². The van der Waals surface area contributed by atoms with Gasteiger partial charge in [0.2, 0.25) is 5.88 Å². The van der Waals surface area contributed by atoms with Crippen LogP contribution in [0.5, 0.6) is 5.88 Å². The predicted molar refractivity (Wildman–Crippen MR) is 154 cm³/mol. The summed E-state index contributed by atoms with van der Waals surface area (Å²) < 4.78 is 25.1. The number of pyridine rings is 1. The molecule has 1 aromatic carbocycles. The molecule has 210 valence electrons. The molecule has 4 aliphatic rings. The lowest BCUT2D eigenvalue weighted by Crippen LogP contribution is -2.36. The zero-order valence-electron chi connectivity index (χ0n) is 22.7. The van der Waals surface area contributed by atoms with Crippen molar-refractivity contribution in [3.05, 3.63) is 82.3 Å². The number of rotatable bonds is 5. The molecule has 1 saturated heterocycles. The van der Waals surface area contributed by atoms with Crippen molar-refractivity contribution in [3.63, 3.8) is 0 Å². The van der Waals surface area contributed by atoms with E-state index in [1.165, 1.54) is 5.56 Å². The summed E-state index contributed by atoms with van der Waals surface area (Å²) in [5.74, 6) is 2.70. The monoisotopic (exact) mass is 553 g/mol. The van der Waals surface area contributed by atoms with Crippen molar-refractivity contribution >= 4 is 12.0 Å². The van der Waals surface area contributed by atoms with Gasteiger partial charge in [-0.15, -0.1) is 0 Å². The van der Waals surface area contributed by atoms with E-state index in [1.807, 2.05) is 24.4 Å². The Labute approximate surface area is 237 Å². The lowest BCUT2D eigenvalue weighted by Gasteiger charge is -2.27. The molecule has 1 atom stereocenters. The highest BCUT2D eigenvalue weighted by atomic mass is 16.5. The first-order valence-electron chi connectivity index (χ1n) is 14.0. The minimum absolute atomic E-state index is 0.0158. The highest BCUT2D eigenvalue weighted by Crippen LogP contribution is 2.33. The molecule has 10 heteroatoms. The first kappa shape index (κ1) is 25.5. The van der Waals surface area contributed by atoms with Crippen LogP contribution >= 0.6 is 0 Å². The second-order valence-corrected chi connectivity index (χ2v) is 10.5. The number of fused-ring (bicyclic) bond motifs is 3. The third-order valence-electron chi connectivity index (χ3n) is 7.77. The van der Waals surface area contributed by atoms with E-state index in [0.717, 1.165) is 66.7 Å². The fraction of sp³-hybridized carbons (Fsp3) is 0.355. The number of hydrogen-bond donors (Lipinski definition) is 0. The van der Waals surface area contributed by atoms with E-state index >= 15 is 0 Å². The zero-order valence-corrected chi connectivity index (χ0v) is 22.7. The summed E-state index contributed by atoms with van der Waals surface area (Å²) in [6.45, 7) is 5.43. The molecule has 4 aliphatic heterocycles. The number of ether oxygens (including phenoxy) is 4. The number of aryl methyl sites for hydroxylation is 1. The number of allylic oxidation sites excluding steroid dienone is 2. The SMILES string of the molecule is O=c1nc(OCC2COC3=C(CN=CC=C3)OC2)cc2n1CCc1cc(-c3ccc(N4CCOCC4)nc3)ccc1-2. The number of nitrogens with zero attached hydrogens (tertiary/aromatic N) is 5. The Morgan fingerprint density at radius 3 is 2.76 bits per heavy atom. The molecule has 0 N–H and O–H groups in total. The number of benzene rings is 1. The van der Waals surface area contributed by atoms with Gasteiger partial charge in [0.15, 0.2) is 11.5 Å². The van der Waals surface area contributed by atoms with Gasteiger partial charge in [0, 0.05) is 49.2 Å². The van der Waals surface area contributed by atoms with Crippen molar-refractivity contribution in [2.24, 2.45) is 10.9 Å². The van der Waals surface area contributed by atoms with E-state index in [9.17, 15) is 4.79 Å². The summed E-state index contributed by atoms with van der Waals surface area (Å²) in [5.41, 5.74) is 4.88. The molecule has 3 aromatic rings. The number of hydrogen-bond acceptors (Lipinski definition) is 9. The molecule has 10 nitrogen and oxygen atoms in total. The molecule has 6 heterocycles. The Balaban J connectivity index is 1.06. The Bertz CT molecular complexity index is 1590. The van der Waals surface area contributed by atoms with E-state index in [-0.39, 0.29) is 11.6 Å². The summed E-state index contributed by atoms with van der Waals surface area (Å²) in [7, 11) is 0. The third-order valence-corrected chi connectivity index (χ3v) is 7.77. The van der Waals surface area contributed by atoms with Crippen LogP contribution in [0.15, 0.2) is 76.1 Å². The molecule has 0 amide bonds. The Kier molecular flexibility index (Phi) is 6.98. The fourth-order valence-corrected chi connectivity index (χ4v) is 5.51. The fourth-order valence-electron chi connectivity index (χ4n) is 5.51. The third kappa shape index (κ3) is 5.35. The van der Waals surface area contributed by atoms with Crippen LogP contribution in [0.1, 0.15) is 5.56 Å². The van der Waals surface area contributed by atoms with Gasteiger partial charge < -0.3 is 23.8 Å². The van der Waals surface area contributed by atoms with Crippen molar-refractivity contribution in [3.8, 4) is 28.3 Å². The smallest absolute Gasteiger partial charge is 0.351 e. The van der Waals surface area contributed by atoms with Crippen LogP contribution in [-0.2, 0) is 27.2 Å². The first-order chi connectivity index (χ1) is 20.2. The second-order valence-electron chi connectivity index (χ2n) is 10.5. The maximum absolute atomic E-state index is 12.9. The number of anilines is 1. The zero-order chi connectivity index (χ0) is 27.6. The van der Waals surface area contributed by atoms with Crippen LogP contribution in [0.4, 0.5) is 5.82 Å². The largest absolute Gasteiger partial charge is 0.492 e. The highest BCUT2D eigenvalue weighted by molar-refractivity contribution is 5.74. The van der Waals surface area contributed by atoms with Gasteiger partial charge in [-0.2, -0.15) is 4.98 Å². The number of aliphatic imine (C=N–C) groups is 1. The molecule has 1 fully saturated rings. The average molecular weight is 554 g/mol. The van der Waals surface area contributed by atoms with Crippen LogP contribution in [0.25, 0.3) is 22.4 Å². The normalized spacial score (nSPS) is 19.7. The van der Waals surface area contributed by atoms with E-state index in [2.05, 4.69) is 45.2 Å². The molecule has 41 heavy (non-hydrogen) atoms. The van der Waals surface area contributed by atoms with E-state index in [0.29, 0.717) is 44.5 Å². The van der Waals surface area contributed by atoms with Crippen LogP contribution in [0.2, 0.25) is 0 Å². The topological polar surface area (TPSA) is 100 Å². The van der Waals surface area contributed by atoms with Gasteiger partial charge >= 0.3 is 5.69 Å². The summed E-state index contributed by atoms with van der Waals surface area (Å²) in [5, 5.41) is 0. The molecule has 2 aromatic heterocycles. The van der Waals surface area contributed by atoms with Gasteiger partial charge in [-0.05, 0) is 41.8 Å². The lowest BCUT2D eigenvalue weighted by molar-refractivity contribution is 0.101. The highest BCUT2D eigenvalue weighted by Gasteiger charge is 2.23. The van der Waals surface area contributed by atoms with Gasteiger partial charge in [0.1, 0.15) is 12.4 Å². The van der Waals surface area contributed by atoms with Crippen molar-refractivity contribution in [2.45, 2.75) is 13.0 Å².